The van der Waals surface area contributed by atoms with E-state index in [-0.39, 0.29) is 22.9 Å². The van der Waals surface area contributed by atoms with Gasteiger partial charge in [0.1, 0.15) is 0 Å². The first-order valence-corrected chi connectivity index (χ1v) is 10.1. The monoisotopic (exact) mass is 432 g/mol. The summed E-state index contributed by atoms with van der Waals surface area (Å²) in [6, 6.07) is 1.45. The molecule has 6 nitrogen and oxygen atoms in total. The van der Waals surface area contributed by atoms with Gasteiger partial charge in [-0.1, -0.05) is 17.6 Å². The predicted molar refractivity (Wildman–Crippen MR) is 107 cm³/mol. The summed E-state index contributed by atoms with van der Waals surface area (Å²) >= 11 is 5.84. The fraction of sp³-hybridized carbons (Fsp3) is 0.632. The molecule has 29 heavy (non-hydrogen) atoms. The minimum atomic E-state index is -4.64. The number of anilines is 1. The van der Waals surface area contributed by atoms with Gasteiger partial charge in [-0.2, -0.15) is 13.2 Å². The number of alkyl halides is 3. The molecule has 0 spiro atoms. The highest BCUT2D eigenvalue weighted by molar-refractivity contribution is 6.33. The van der Waals surface area contributed by atoms with Crippen molar-refractivity contribution in [2.24, 2.45) is 0 Å². The topological polar surface area (TPSA) is 85.4 Å². The second-order valence-corrected chi connectivity index (χ2v) is 8.04. The number of hydrogen-bond acceptors (Lipinski definition) is 4. The van der Waals surface area contributed by atoms with Crippen LogP contribution >= 0.6 is 11.6 Å². The van der Waals surface area contributed by atoms with Gasteiger partial charge in [0.25, 0.3) is 0 Å². The number of amides is 1. The van der Waals surface area contributed by atoms with Gasteiger partial charge >= 0.3 is 6.18 Å². The molecule has 0 aromatic heterocycles. The van der Waals surface area contributed by atoms with Crippen LogP contribution in [0.3, 0.4) is 0 Å². The van der Waals surface area contributed by atoms with Crippen molar-refractivity contribution in [2.75, 3.05) is 45.0 Å². The molecule has 1 atom stereocenters. The number of likely N-dealkylation sites (tertiary alicyclic amines) is 1. The van der Waals surface area contributed by atoms with Gasteiger partial charge in [-0.05, 0) is 37.0 Å². The molecule has 0 aliphatic carbocycles. The van der Waals surface area contributed by atoms with Crippen molar-refractivity contribution >= 4 is 23.2 Å². The van der Waals surface area contributed by atoms with Crippen molar-refractivity contribution in [3.63, 3.8) is 0 Å². The molecule has 2 heterocycles. The Kier molecular flexibility index (Phi) is 6.93. The summed E-state index contributed by atoms with van der Waals surface area (Å²) < 4.78 is 39.4. The Hall–Kier alpha value is -1.55. The molecule has 10 heteroatoms. The minimum Gasteiger partial charge on any atom is -0.667 e. The molecule has 2 aliphatic rings. The van der Waals surface area contributed by atoms with Crippen LogP contribution in [0, 0.1) is 0 Å². The van der Waals surface area contributed by atoms with Gasteiger partial charge in [0.05, 0.1) is 16.3 Å². The van der Waals surface area contributed by atoms with E-state index in [0.717, 1.165) is 45.1 Å². The van der Waals surface area contributed by atoms with Gasteiger partial charge in [0.2, 0.25) is 5.91 Å². The third-order valence-electron chi connectivity index (χ3n) is 5.68. The number of hydrogen-bond donors (Lipinski definition) is 2. The van der Waals surface area contributed by atoms with Gasteiger partial charge in [0.15, 0.2) is 0 Å². The number of nitrogens with one attached hydrogen (secondary N) is 2. The van der Waals surface area contributed by atoms with Crippen LogP contribution in [0.4, 0.5) is 18.9 Å². The highest BCUT2D eigenvalue weighted by Gasteiger charge is 2.34. The van der Waals surface area contributed by atoms with E-state index in [0.29, 0.717) is 19.1 Å². The molecule has 2 saturated heterocycles. The summed E-state index contributed by atoms with van der Waals surface area (Å²) in [4.78, 5) is 16.7. The summed E-state index contributed by atoms with van der Waals surface area (Å²) in [5.74, 6) is -0.356. The molecule has 1 aromatic rings. The molecule has 4 N–H and O–H groups in total. The van der Waals surface area contributed by atoms with Crippen molar-refractivity contribution in [3.8, 4) is 0 Å². The maximum atomic E-state index is 13.1. The first-order valence-electron chi connectivity index (χ1n) is 9.76. The van der Waals surface area contributed by atoms with Crippen LogP contribution in [0.2, 0.25) is 5.02 Å². The molecule has 2 aliphatic heterocycles. The Morgan fingerprint density at radius 1 is 1.24 bits per heavy atom. The second-order valence-electron chi connectivity index (χ2n) is 7.64. The third kappa shape index (κ3) is 5.33. The number of rotatable bonds is 4. The van der Waals surface area contributed by atoms with Crippen LogP contribution in [0.1, 0.15) is 24.0 Å². The Balaban J connectivity index is 1.59. The van der Waals surface area contributed by atoms with E-state index in [4.69, 9.17) is 23.1 Å². The summed E-state index contributed by atoms with van der Waals surface area (Å²) in [5.41, 5.74) is 12.2. The highest BCUT2D eigenvalue weighted by atomic mass is 35.5. The van der Waals surface area contributed by atoms with Crippen molar-refractivity contribution < 1.29 is 18.0 Å². The van der Waals surface area contributed by atoms with E-state index in [1.807, 2.05) is 0 Å². The fourth-order valence-electron chi connectivity index (χ4n) is 4.07. The van der Waals surface area contributed by atoms with Crippen molar-refractivity contribution in [1.82, 2.24) is 15.1 Å². The molecule has 0 radical (unpaired) electrons. The van der Waals surface area contributed by atoms with E-state index in [1.54, 1.807) is 4.90 Å². The molecule has 162 valence electrons. The number of carbonyl (C=O) groups is 1. The largest absolute Gasteiger partial charge is 0.667 e. The number of piperazine rings is 1. The van der Waals surface area contributed by atoms with E-state index in [1.165, 1.54) is 6.07 Å². The van der Waals surface area contributed by atoms with Crippen LogP contribution in [0.5, 0.6) is 0 Å². The van der Waals surface area contributed by atoms with E-state index < -0.39 is 23.5 Å². The van der Waals surface area contributed by atoms with Crippen molar-refractivity contribution in [3.05, 3.63) is 34.0 Å². The predicted octanol–water partition coefficient (Wildman–Crippen LogP) is 2.80. The quantitative estimate of drug-likeness (QED) is 0.716. The summed E-state index contributed by atoms with van der Waals surface area (Å²) in [5, 5.41) is 3.10. The van der Waals surface area contributed by atoms with Gasteiger partial charge in [-0.15, -0.1) is 0 Å². The van der Waals surface area contributed by atoms with Crippen LogP contribution in [0.15, 0.2) is 12.1 Å². The molecule has 2 fully saturated rings. The SMILES string of the molecule is [NH-][C@H](Cc1cc(Cl)c(N)c(C(F)(F)F)c1)C(=O)N1CCC(N2CCNCC2)CC1. The Morgan fingerprint density at radius 2 is 1.86 bits per heavy atom. The lowest BCUT2D eigenvalue weighted by molar-refractivity contribution is -0.137. The third-order valence-corrected chi connectivity index (χ3v) is 5.99. The second kappa shape index (κ2) is 9.07. The number of nitrogens with zero attached hydrogens (tertiary/aromatic N) is 2. The minimum absolute atomic E-state index is 0.139. The number of benzene rings is 1. The zero-order chi connectivity index (χ0) is 21.2. The van der Waals surface area contributed by atoms with Gasteiger partial charge in [-0.25, -0.2) is 0 Å². The molecule has 0 bridgehead atoms. The molecule has 1 aromatic carbocycles. The number of nitrogen functional groups attached to an aromatic ring is 1. The van der Waals surface area contributed by atoms with Gasteiger partial charge < -0.3 is 21.7 Å². The molecule has 1 amide bonds. The summed E-state index contributed by atoms with van der Waals surface area (Å²) in [7, 11) is 0. The zero-order valence-electron chi connectivity index (χ0n) is 16.1. The lowest BCUT2D eigenvalue weighted by atomic mass is 9.99. The molecule has 0 saturated carbocycles. The van der Waals surface area contributed by atoms with Crippen LogP contribution in [-0.4, -0.2) is 67.1 Å². The average molecular weight is 433 g/mol. The van der Waals surface area contributed by atoms with Crippen LogP contribution in [-0.2, 0) is 17.4 Å². The first kappa shape index (κ1) is 22.1. The van der Waals surface area contributed by atoms with Crippen LogP contribution < -0.4 is 11.1 Å². The van der Waals surface area contributed by atoms with Crippen molar-refractivity contribution in [2.45, 2.75) is 37.5 Å². The Morgan fingerprint density at radius 3 is 2.45 bits per heavy atom. The summed E-state index contributed by atoms with van der Waals surface area (Å²) in [6.45, 7) is 5.08. The molecule has 0 unspecified atom stereocenters. The molecular formula is C19H26ClF3N5O-. The zero-order valence-corrected chi connectivity index (χ0v) is 16.8. The van der Waals surface area contributed by atoms with E-state index in [2.05, 4.69) is 10.2 Å². The maximum absolute atomic E-state index is 13.1. The van der Waals surface area contributed by atoms with E-state index in [9.17, 15) is 18.0 Å². The van der Waals surface area contributed by atoms with Crippen LogP contribution in [0.25, 0.3) is 5.73 Å². The normalized spacial score (nSPS) is 20.7. The lowest BCUT2D eigenvalue weighted by Gasteiger charge is -2.41. The van der Waals surface area contributed by atoms with Gasteiger partial charge in [0, 0.05) is 45.3 Å². The first-order chi connectivity index (χ1) is 13.7. The Bertz CT molecular complexity index is 731. The maximum Gasteiger partial charge on any atom is 0.418 e. The lowest BCUT2D eigenvalue weighted by Crippen LogP contribution is -2.53. The highest BCUT2D eigenvalue weighted by Crippen LogP contribution is 2.38. The number of nitrogens with two attached hydrogens (primary N) is 1. The average Bonchev–Trinajstić information content (AvgIpc) is 2.70. The van der Waals surface area contributed by atoms with E-state index >= 15 is 0 Å². The summed E-state index contributed by atoms with van der Waals surface area (Å²) in [6.07, 6.45) is -3.08. The number of piperidine rings is 1. The Labute approximate surface area is 173 Å². The standard InChI is InChI=1S/C19H26ClF3N5O/c20-15-10-12(9-14(17(15)25)19(21,22)23)11-16(24)18(29)28-5-1-13(2-6-28)27-7-3-26-4-8-27/h9-10,13,16,24,26H,1-8,11,25H2/q-1/t16-/m1/s1. The van der Waals surface area contributed by atoms with Gasteiger partial charge in [-0.3, -0.25) is 9.69 Å². The fourth-order valence-corrected chi connectivity index (χ4v) is 4.31. The van der Waals surface area contributed by atoms with Crippen molar-refractivity contribution in [1.29, 1.82) is 0 Å². The smallest absolute Gasteiger partial charge is 0.418 e. The molecular weight excluding hydrogens is 407 g/mol. The number of carbonyl (C=O) groups excluding carboxylic acids is 1. The molecule has 3 rings (SSSR count). The number of halogens is 4.